The molecule has 16 nitrogen and oxygen atoms in total. The lowest BCUT2D eigenvalue weighted by Crippen LogP contribution is -2.82. The number of fused-ring (bicyclic) bond motifs is 5. The van der Waals surface area contributed by atoms with Gasteiger partial charge in [-0.3, -0.25) is 24.0 Å². The standard InChI is InChI=1S/C61H81NO15Si2/c1-13-78(14-2,15-3)76-45-35-46-60(37-71-46,75-40(9)64)52-54(74-56(68)43-32-26-21-27-33-43)61(70)36-44(39(8)48(58(61,10)11)50(53(66)59(45,52)12)73-47(65)34-38(7)63)72-57(69)51(77-79(16-4,17-5)18-6)49(41-28-22-19-23-29-41)62-55(67)42-30-24-20-25-31-42/h19-33,44-46,49-52,54,70H,13-18,34-37H2,1-12H3,(H,62,67)/t44-,45-,46+,49-,50+,51+,52-,54-,59+,60-,61+/m0/s1. The fourth-order valence-corrected chi connectivity index (χ4v) is 18.9. The first-order valence-electron chi connectivity index (χ1n) is 28.1. The van der Waals surface area contributed by atoms with Crippen LogP contribution in [0.4, 0.5) is 0 Å². The number of amides is 1. The van der Waals surface area contributed by atoms with Crippen LogP contribution in [-0.2, 0) is 56.5 Å². The Hall–Kier alpha value is -5.64. The molecule has 3 fully saturated rings. The lowest BCUT2D eigenvalue weighted by atomic mass is 9.44. The molecule has 0 unspecified atom stereocenters. The summed E-state index contributed by atoms with van der Waals surface area (Å²) in [7, 11) is -5.51. The van der Waals surface area contributed by atoms with Gasteiger partial charge in [0.15, 0.2) is 40.2 Å². The molecular formula is C61H81NO15Si2. The number of nitrogens with one attached hydrogen (secondary N) is 1. The number of carbonyl (C=O) groups excluding carboxylic acids is 7. The van der Waals surface area contributed by atoms with E-state index in [1.54, 1.807) is 113 Å². The third-order valence-corrected chi connectivity index (χ3v) is 27.7. The van der Waals surface area contributed by atoms with Crippen molar-refractivity contribution in [3.63, 3.8) is 0 Å². The van der Waals surface area contributed by atoms with E-state index in [1.165, 1.54) is 13.8 Å². The van der Waals surface area contributed by atoms with E-state index in [0.717, 1.165) is 0 Å². The van der Waals surface area contributed by atoms with Crippen LogP contribution in [0.5, 0.6) is 0 Å². The molecule has 79 heavy (non-hydrogen) atoms. The largest absolute Gasteiger partial charge is 0.456 e. The number of carbonyl (C=O) groups is 7. The number of Topliss-reactive ketones (excluding diaryl/α,β-unsaturated/α-hetero) is 2. The quantitative estimate of drug-likeness (QED) is 0.0315. The highest BCUT2D eigenvalue weighted by Gasteiger charge is 2.79. The summed E-state index contributed by atoms with van der Waals surface area (Å²) in [5.74, 6) is -6.76. The van der Waals surface area contributed by atoms with Gasteiger partial charge in [0.1, 0.15) is 36.1 Å². The highest BCUT2D eigenvalue weighted by molar-refractivity contribution is 6.74. The van der Waals surface area contributed by atoms with E-state index in [1.807, 2.05) is 47.6 Å². The van der Waals surface area contributed by atoms with Gasteiger partial charge in [0.05, 0.1) is 35.6 Å². The van der Waals surface area contributed by atoms with Crippen molar-refractivity contribution in [3.8, 4) is 0 Å². The summed E-state index contributed by atoms with van der Waals surface area (Å²) >= 11 is 0. The third kappa shape index (κ3) is 11.4. The van der Waals surface area contributed by atoms with Gasteiger partial charge in [0.25, 0.3) is 5.91 Å². The van der Waals surface area contributed by atoms with E-state index < -0.39 is 141 Å². The van der Waals surface area contributed by atoms with Gasteiger partial charge in [-0.2, -0.15) is 0 Å². The van der Waals surface area contributed by atoms with Gasteiger partial charge >= 0.3 is 23.9 Å². The average molecular weight is 1120 g/mol. The maximum absolute atomic E-state index is 16.8. The first-order chi connectivity index (χ1) is 37.4. The molecule has 3 aliphatic carbocycles. The van der Waals surface area contributed by atoms with Crippen LogP contribution < -0.4 is 5.32 Å². The van der Waals surface area contributed by atoms with Crippen LogP contribution in [0.3, 0.4) is 0 Å². The third-order valence-electron chi connectivity index (χ3n) is 18.4. The molecule has 2 saturated carbocycles. The first kappa shape index (κ1) is 61.0. The number of hydrogen-bond acceptors (Lipinski definition) is 15. The number of ether oxygens (including phenoxy) is 5. The van der Waals surface area contributed by atoms with Crippen LogP contribution in [0.15, 0.2) is 102 Å². The number of hydrogen-bond donors (Lipinski definition) is 2. The van der Waals surface area contributed by atoms with E-state index in [2.05, 4.69) is 5.32 Å². The van der Waals surface area contributed by atoms with Crippen molar-refractivity contribution >= 4 is 58.0 Å². The zero-order chi connectivity index (χ0) is 57.9. The van der Waals surface area contributed by atoms with Gasteiger partial charge < -0.3 is 43.0 Å². The maximum Gasteiger partial charge on any atom is 0.338 e. The van der Waals surface area contributed by atoms with Crippen LogP contribution in [0.2, 0.25) is 36.3 Å². The van der Waals surface area contributed by atoms with Crippen LogP contribution in [0.1, 0.15) is 135 Å². The summed E-state index contributed by atoms with van der Waals surface area (Å²) in [6, 6.07) is 28.4. The van der Waals surface area contributed by atoms with Crippen molar-refractivity contribution in [2.24, 2.45) is 16.7 Å². The monoisotopic (exact) mass is 1120 g/mol. The Morgan fingerprint density at radius 1 is 0.747 bits per heavy atom. The van der Waals surface area contributed by atoms with E-state index in [9.17, 15) is 29.1 Å². The smallest absolute Gasteiger partial charge is 0.338 e. The summed E-state index contributed by atoms with van der Waals surface area (Å²) in [6.45, 7) is 20.9. The van der Waals surface area contributed by atoms with Gasteiger partial charge in [-0.15, -0.1) is 0 Å². The van der Waals surface area contributed by atoms with E-state index >= 15 is 9.59 Å². The van der Waals surface area contributed by atoms with E-state index in [0.29, 0.717) is 47.4 Å². The zero-order valence-corrected chi connectivity index (χ0v) is 50.0. The SMILES string of the molecule is CC[Si](CC)(CC)O[C@H]1C[C@H]2OC[C@@]2(OC(C)=O)[C@H]2[C@H](OC(=O)c3ccccc3)[C@]3(O)C[C@H](OC(=O)[C@H](O[Si](CC)(CC)CC)[C@@H](NC(=O)c4ccccc4)c4ccccc4)C(C)=C([C@@H](OC(=O)CC(C)=O)C(=O)[C@]12C)C3(C)C. The molecule has 2 bridgehead atoms. The second kappa shape index (κ2) is 24.2. The van der Waals surface area contributed by atoms with Crippen LogP contribution in [-0.4, -0.2) is 118 Å². The fraction of sp³-hybridized carbons (Fsp3) is 0.557. The van der Waals surface area contributed by atoms with Gasteiger partial charge in [0, 0.05) is 30.7 Å². The second-order valence-electron chi connectivity index (χ2n) is 22.8. The molecular weight excluding hydrogens is 1040 g/mol. The van der Waals surface area contributed by atoms with E-state index in [-0.39, 0.29) is 29.7 Å². The summed E-state index contributed by atoms with van der Waals surface area (Å²) in [5, 5.41) is 17.6. The predicted octanol–water partition coefficient (Wildman–Crippen LogP) is 9.75. The molecule has 3 aromatic carbocycles. The number of esters is 4. The Morgan fingerprint density at radius 3 is 1.80 bits per heavy atom. The summed E-state index contributed by atoms with van der Waals surface area (Å²) in [5.41, 5.74) is -6.50. The molecule has 18 heteroatoms. The molecule has 11 atom stereocenters. The van der Waals surface area contributed by atoms with Crippen molar-refractivity contribution in [2.75, 3.05) is 6.61 Å². The molecule has 1 aliphatic heterocycles. The molecule has 0 spiro atoms. The minimum Gasteiger partial charge on any atom is -0.456 e. The lowest BCUT2D eigenvalue weighted by Gasteiger charge is -2.68. The molecule has 4 aliphatic rings. The van der Waals surface area contributed by atoms with Crippen molar-refractivity contribution in [2.45, 2.75) is 192 Å². The molecule has 0 radical (unpaired) electrons. The Morgan fingerprint density at radius 2 is 1.29 bits per heavy atom. The molecule has 0 aromatic heterocycles. The van der Waals surface area contributed by atoms with Crippen molar-refractivity contribution < 1.29 is 71.2 Å². The normalized spacial score (nSPS) is 28.0. The van der Waals surface area contributed by atoms with Crippen LogP contribution >= 0.6 is 0 Å². The molecule has 428 valence electrons. The van der Waals surface area contributed by atoms with Crippen molar-refractivity contribution in [1.29, 1.82) is 0 Å². The topological polar surface area (TPSA) is 216 Å². The molecule has 1 heterocycles. The Kier molecular flexibility index (Phi) is 18.7. The van der Waals surface area contributed by atoms with Crippen molar-refractivity contribution in [1.82, 2.24) is 5.32 Å². The van der Waals surface area contributed by atoms with Crippen molar-refractivity contribution in [3.05, 3.63) is 119 Å². The highest BCUT2D eigenvalue weighted by atomic mass is 28.4. The summed E-state index contributed by atoms with van der Waals surface area (Å²) in [4.78, 5) is 102. The van der Waals surface area contributed by atoms with E-state index in [4.69, 9.17) is 32.5 Å². The number of aliphatic hydroxyl groups is 1. The summed E-state index contributed by atoms with van der Waals surface area (Å²) < 4.78 is 47.3. The average Bonchev–Trinajstić information content (AvgIpc) is 3.53. The lowest BCUT2D eigenvalue weighted by molar-refractivity contribution is -0.344. The van der Waals surface area contributed by atoms with Crippen LogP contribution in [0, 0.1) is 16.7 Å². The molecule has 2 N–H and O–H groups in total. The molecule has 3 aromatic rings. The number of benzene rings is 3. The van der Waals surface area contributed by atoms with Crippen LogP contribution in [0.25, 0.3) is 0 Å². The molecule has 1 saturated heterocycles. The Labute approximate surface area is 467 Å². The first-order valence-corrected chi connectivity index (χ1v) is 33.2. The number of ketones is 2. The Balaban J connectivity index is 1.51. The van der Waals surface area contributed by atoms with Gasteiger partial charge in [-0.1, -0.05) is 122 Å². The minimum atomic E-state index is -2.79. The fourth-order valence-electron chi connectivity index (χ4n) is 13.2. The summed E-state index contributed by atoms with van der Waals surface area (Å²) in [6.07, 6.45) is -9.72. The van der Waals surface area contributed by atoms with Gasteiger partial charge in [-0.25, -0.2) is 9.59 Å². The predicted molar refractivity (Wildman–Crippen MR) is 299 cm³/mol. The molecule has 1 amide bonds. The maximum atomic E-state index is 16.8. The van der Waals surface area contributed by atoms with Gasteiger partial charge in [0.2, 0.25) is 0 Å². The number of rotatable bonds is 22. The highest BCUT2D eigenvalue weighted by Crippen LogP contribution is 2.65. The van der Waals surface area contributed by atoms with Gasteiger partial charge in [-0.05, 0) is 98.0 Å². The Bertz CT molecular complexity index is 2750. The minimum absolute atomic E-state index is 0.0389. The zero-order valence-electron chi connectivity index (χ0n) is 48.0. The second-order valence-corrected chi connectivity index (χ2v) is 32.2. The molecule has 7 rings (SSSR count).